The topological polar surface area (TPSA) is 55.8 Å². The molecule has 0 atom stereocenters. The van der Waals surface area contributed by atoms with Gasteiger partial charge in [0.1, 0.15) is 12.4 Å². The van der Waals surface area contributed by atoms with E-state index in [4.69, 9.17) is 21.1 Å². The number of benzene rings is 2. The van der Waals surface area contributed by atoms with Crippen molar-refractivity contribution < 1.29 is 17.9 Å². The van der Waals surface area contributed by atoms with E-state index in [0.29, 0.717) is 43.7 Å². The lowest BCUT2D eigenvalue weighted by Crippen LogP contribution is -2.40. The smallest absolute Gasteiger partial charge is 0.243 e. The molecule has 0 aromatic heterocycles. The minimum Gasteiger partial charge on any atom is -0.489 e. The molecule has 0 unspecified atom stereocenters. The normalized spacial score (nSPS) is 16.0. The van der Waals surface area contributed by atoms with Crippen LogP contribution in [-0.2, 0) is 21.4 Å². The number of halogens is 1. The largest absolute Gasteiger partial charge is 0.489 e. The Labute approximate surface area is 146 Å². The molecule has 0 radical (unpaired) electrons. The highest BCUT2D eigenvalue weighted by Gasteiger charge is 2.26. The average Bonchev–Trinajstić information content (AvgIpc) is 2.61. The zero-order valence-electron chi connectivity index (χ0n) is 13.0. The Hall–Kier alpha value is -1.60. The highest BCUT2D eigenvalue weighted by molar-refractivity contribution is 7.89. The van der Waals surface area contributed by atoms with Crippen LogP contribution in [-0.4, -0.2) is 39.0 Å². The summed E-state index contributed by atoms with van der Waals surface area (Å²) >= 11 is 5.94. The molecule has 5 nitrogen and oxygen atoms in total. The van der Waals surface area contributed by atoms with E-state index in [-0.39, 0.29) is 4.90 Å². The van der Waals surface area contributed by atoms with Gasteiger partial charge in [-0.1, -0.05) is 23.7 Å². The van der Waals surface area contributed by atoms with Gasteiger partial charge >= 0.3 is 0 Å². The van der Waals surface area contributed by atoms with Crippen molar-refractivity contribution in [2.45, 2.75) is 11.5 Å². The maximum atomic E-state index is 12.5. The molecular formula is C17H18ClNO4S. The fourth-order valence-electron chi connectivity index (χ4n) is 2.44. The molecule has 0 saturated carbocycles. The number of hydrogen-bond acceptors (Lipinski definition) is 4. The van der Waals surface area contributed by atoms with E-state index < -0.39 is 10.0 Å². The molecule has 3 rings (SSSR count). The summed E-state index contributed by atoms with van der Waals surface area (Å²) in [7, 11) is -3.47. The van der Waals surface area contributed by atoms with Gasteiger partial charge in [0.2, 0.25) is 10.0 Å². The van der Waals surface area contributed by atoms with Gasteiger partial charge in [-0.15, -0.1) is 0 Å². The molecule has 0 aliphatic carbocycles. The molecule has 128 valence electrons. The molecule has 2 aromatic rings. The zero-order valence-corrected chi connectivity index (χ0v) is 14.6. The first-order chi connectivity index (χ1) is 11.6. The maximum Gasteiger partial charge on any atom is 0.243 e. The predicted molar refractivity (Wildman–Crippen MR) is 91.8 cm³/mol. The van der Waals surface area contributed by atoms with E-state index in [1.807, 2.05) is 18.2 Å². The fraction of sp³-hybridized carbons (Fsp3) is 0.294. The number of rotatable bonds is 5. The number of morpholine rings is 1. The van der Waals surface area contributed by atoms with E-state index in [1.165, 1.54) is 4.31 Å². The van der Waals surface area contributed by atoms with E-state index in [2.05, 4.69) is 0 Å². The third-order valence-electron chi connectivity index (χ3n) is 3.73. The Morgan fingerprint density at radius 1 is 1.08 bits per heavy atom. The van der Waals surface area contributed by atoms with Gasteiger partial charge in [0.25, 0.3) is 0 Å². The quantitative estimate of drug-likeness (QED) is 0.815. The molecule has 1 aliphatic heterocycles. The molecule has 2 aromatic carbocycles. The molecule has 1 fully saturated rings. The van der Waals surface area contributed by atoms with Gasteiger partial charge in [-0.05, 0) is 42.0 Å². The Morgan fingerprint density at radius 2 is 1.79 bits per heavy atom. The lowest BCUT2D eigenvalue weighted by atomic mass is 10.2. The summed E-state index contributed by atoms with van der Waals surface area (Å²) in [6.45, 7) is 2.00. The Morgan fingerprint density at radius 3 is 2.46 bits per heavy atom. The van der Waals surface area contributed by atoms with Gasteiger partial charge in [-0.3, -0.25) is 0 Å². The molecule has 0 N–H and O–H groups in total. The lowest BCUT2D eigenvalue weighted by Gasteiger charge is -2.26. The second kappa shape index (κ2) is 7.53. The van der Waals surface area contributed by atoms with E-state index in [1.54, 1.807) is 30.3 Å². The molecule has 0 bridgehead atoms. The second-order valence-corrected chi connectivity index (χ2v) is 7.78. The molecule has 0 spiro atoms. The average molecular weight is 368 g/mol. The summed E-state index contributed by atoms with van der Waals surface area (Å²) in [6.07, 6.45) is 0. The van der Waals surface area contributed by atoms with Crippen LogP contribution in [0.25, 0.3) is 0 Å². The minimum absolute atomic E-state index is 0.263. The van der Waals surface area contributed by atoms with Crippen molar-refractivity contribution in [3.8, 4) is 5.75 Å². The van der Waals surface area contributed by atoms with Crippen LogP contribution in [0.1, 0.15) is 5.56 Å². The van der Waals surface area contributed by atoms with Gasteiger partial charge in [0, 0.05) is 18.1 Å². The number of nitrogens with zero attached hydrogens (tertiary/aromatic N) is 1. The highest BCUT2D eigenvalue weighted by atomic mass is 35.5. The number of ether oxygens (including phenoxy) is 2. The van der Waals surface area contributed by atoms with Crippen LogP contribution in [0.5, 0.6) is 5.75 Å². The highest BCUT2D eigenvalue weighted by Crippen LogP contribution is 2.21. The second-order valence-electron chi connectivity index (χ2n) is 5.41. The molecule has 1 aliphatic rings. The minimum atomic E-state index is -3.47. The van der Waals surface area contributed by atoms with Crippen LogP contribution < -0.4 is 4.74 Å². The molecule has 0 amide bonds. The van der Waals surface area contributed by atoms with Crippen LogP contribution in [0.3, 0.4) is 0 Å². The Bertz CT molecular complexity index is 786. The summed E-state index contributed by atoms with van der Waals surface area (Å²) < 4.78 is 37.4. The van der Waals surface area contributed by atoms with E-state index in [9.17, 15) is 8.42 Å². The van der Waals surface area contributed by atoms with Gasteiger partial charge < -0.3 is 9.47 Å². The molecule has 7 heteroatoms. The fourth-order valence-corrected chi connectivity index (χ4v) is 4.06. The first-order valence-corrected chi connectivity index (χ1v) is 9.43. The van der Waals surface area contributed by atoms with Crippen molar-refractivity contribution in [1.82, 2.24) is 4.31 Å². The summed E-state index contributed by atoms with van der Waals surface area (Å²) in [5.74, 6) is 0.607. The molecule has 1 heterocycles. The van der Waals surface area contributed by atoms with Crippen molar-refractivity contribution in [3.05, 3.63) is 59.1 Å². The number of sulfonamides is 1. The molecule has 24 heavy (non-hydrogen) atoms. The molecule has 1 saturated heterocycles. The van der Waals surface area contributed by atoms with Crippen molar-refractivity contribution >= 4 is 21.6 Å². The zero-order chi connectivity index (χ0) is 17.0. The maximum absolute atomic E-state index is 12.5. The monoisotopic (exact) mass is 367 g/mol. The summed E-state index contributed by atoms with van der Waals surface area (Å²) in [5, 5.41) is 0.656. The van der Waals surface area contributed by atoms with Crippen LogP contribution in [0.4, 0.5) is 0 Å². The Balaban J connectivity index is 1.66. The van der Waals surface area contributed by atoms with Gasteiger partial charge in [-0.25, -0.2) is 8.42 Å². The third-order valence-corrected chi connectivity index (χ3v) is 5.87. The van der Waals surface area contributed by atoms with Gasteiger partial charge in [-0.2, -0.15) is 4.31 Å². The van der Waals surface area contributed by atoms with Crippen molar-refractivity contribution in [1.29, 1.82) is 0 Å². The van der Waals surface area contributed by atoms with E-state index >= 15 is 0 Å². The Kier molecular flexibility index (Phi) is 5.40. The first kappa shape index (κ1) is 17.2. The van der Waals surface area contributed by atoms with Crippen molar-refractivity contribution in [2.24, 2.45) is 0 Å². The van der Waals surface area contributed by atoms with Crippen molar-refractivity contribution in [3.63, 3.8) is 0 Å². The van der Waals surface area contributed by atoms with Crippen LogP contribution in [0.15, 0.2) is 53.4 Å². The van der Waals surface area contributed by atoms with E-state index in [0.717, 1.165) is 5.56 Å². The van der Waals surface area contributed by atoms with Crippen LogP contribution >= 0.6 is 11.6 Å². The summed E-state index contributed by atoms with van der Waals surface area (Å²) in [4.78, 5) is 0.263. The van der Waals surface area contributed by atoms with Crippen LogP contribution in [0.2, 0.25) is 5.02 Å². The van der Waals surface area contributed by atoms with Gasteiger partial charge in [0.05, 0.1) is 18.1 Å². The van der Waals surface area contributed by atoms with Gasteiger partial charge in [0.15, 0.2) is 0 Å². The standard InChI is InChI=1S/C17H18ClNO4S/c18-15-3-1-2-14(12-15)13-23-16-4-6-17(7-5-16)24(20,21)19-8-10-22-11-9-19/h1-7,12H,8-11,13H2. The predicted octanol–water partition coefficient (Wildman–Crippen LogP) is 2.94. The SMILES string of the molecule is O=S(=O)(c1ccc(OCc2cccc(Cl)c2)cc1)N1CCOCC1. The number of hydrogen-bond donors (Lipinski definition) is 0. The van der Waals surface area contributed by atoms with Crippen molar-refractivity contribution in [2.75, 3.05) is 26.3 Å². The lowest BCUT2D eigenvalue weighted by molar-refractivity contribution is 0.0730. The first-order valence-electron chi connectivity index (χ1n) is 7.61. The van der Waals surface area contributed by atoms with Crippen LogP contribution in [0, 0.1) is 0 Å². The third kappa shape index (κ3) is 4.08. The summed E-state index contributed by atoms with van der Waals surface area (Å²) in [5.41, 5.74) is 0.951. The molecular weight excluding hydrogens is 350 g/mol. The summed E-state index contributed by atoms with van der Waals surface area (Å²) in [6, 6.07) is 13.9.